The topological polar surface area (TPSA) is 111 Å². The monoisotopic (exact) mass is 365 g/mol. The van der Waals surface area contributed by atoms with Gasteiger partial charge in [0, 0.05) is 38.2 Å². The van der Waals surface area contributed by atoms with Crippen LogP contribution in [0.25, 0.3) is 11.4 Å². The molecule has 1 saturated heterocycles. The summed E-state index contributed by atoms with van der Waals surface area (Å²) in [6, 6.07) is 8.25. The van der Waals surface area contributed by atoms with Crippen molar-refractivity contribution in [3.63, 3.8) is 0 Å². The van der Waals surface area contributed by atoms with Gasteiger partial charge in [0.05, 0.1) is 0 Å². The summed E-state index contributed by atoms with van der Waals surface area (Å²) in [6.07, 6.45) is 5.17. The lowest BCUT2D eigenvalue weighted by molar-refractivity contribution is 0.299. The highest BCUT2D eigenvalue weighted by molar-refractivity contribution is 5.80. The summed E-state index contributed by atoms with van der Waals surface area (Å²) in [6.45, 7) is 2.60. The van der Waals surface area contributed by atoms with Crippen molar-refractivity contribution in [1.82, 2.24) is 40.6 Å². The minimum atomic E-state index is 0.445. The van der Waals surface area contributed by atoms with E-state index in [9.17, 15) is 0 Å². The van der Waals surface area contributed by atoms with Crippen molar-refractivity contribution in [3.8, 4) is 11.4 Å². The van der Waals surface area contributed by atoms with Gasteiger partial charge in [-0.15, -0.1) is 0 Å². The Labute approximate surface area is 157 Å². The lowest BCUT2D eigenvalue weighted by Crippen LogP contribution is -2.45. The summed E-state index contributed by atoms with van der Waals surface area (Å²) in [5, 5.41) is 17.2. The van der Waals surface area contributed by atoms with E-state index >= 15 is 0 Å². The molecule has 4 rings (SSSR count). The van der Waals surface area contributed by atoms with Gasteiger partial charge in [-0.05, 0) is 24.5 Å². The van der Waals surface area contributed by atoms with Crippen molar-refractivity contribution in [2.45, 2.75) is 25.3 Å². The number of nitrogens with one attached hydrogen (secondary N) is 3. The molecule has 0 saturated carbocycles. The Bertz CT molecular complexity index is 862. The van der Waals surface area contributed by atoms with Crippen LogP contribution in [0, 0.1) is 0 Å². The molecule has 1 aliphatic rings. The van der Waals surface area contributed by atoms with Crippen molar-refractivity contribution in [3.05, 3.63) is 48.3 Å². The quantitative estimate of drug-likeness (QED) is 0.478. The second-order valence-corrected chi connectivity index (χ2v) is 6.57. The number of H-pyrrole nitrogens is 2. The van der Waals surface area contributed by atoms with Crippen molar-refractivity contribution in [2.75, 3.05) is 20.1 Å². The van der Waals surface area contributed by atoms with Gasteiger partial charge in [-0.25, -0.2) is 9.97 Å². The van der Waals surface area contributed by atoms with Crippen LogP contribution in [-0.2, 0) is 6.54 Å². The van der Waals surface area contributed by atoms with Gasteiger partial charge < -0.3 is 10.2 Å². The molecule has 3 heterocycles. The molecule has 0 spiro atoms. The third kappa shape index (κ3) is 3.97. The zero-order chi connectivity index (χ0) is 18.5. The van der Waals surface area contributed by atoms with E-state index in [0.717, 1.165) is 49.1 Å². The number of aromatic amines is 2. The first-order valence-electron chi connectivity index (χ1n) is 9.09. The molecule has 9 heteroatoms. The van der Waals surface area contributed by atoms with Gasteiger partial charge in [0.2, 0.25) is 0 Å². The van der Waals surface area contributed by atoms with Gasteiger partial charge in [0.1, 0.15) is 18.5 Å². The number of nitrogens with zero attached hydrogens (tertiary/aromatic N) is 6. The molecule has 27 heavy (non-hydrogen) atoms. The first-order valence-corrected chi connectivity index (χ1v) is 9.09. The van der Waals surface area contributed by atoms with E-state index in [1.807, 2.05) is 19.2 Å². The van der Waals surface area contributed by atoms with E-state index in [-0.39, 0.29) is 0 Å². The van der Waals surface area contributed by atoms with Gasteiger partial charge in [-0.1, -0.05) is 18.2 Å². The van der Waals surface area contributed by atoms with E-state index in [4.69, 9.17) is 0 Å². The lowest BCUT2D eigenvalue weighted by atomic mass is 9.96. The van der Waals surface area contributed by atoms with E-state index in [2.05, 4.69) is 57.7 Å². The van der Waals surface area contributed by atoms with E-state index in [1.165, 1.54) is 11.9 Å². The average molecular weight is 365 g/mol. The maximum Gasteiger partial charge on any atom is 0.193 e. The summed E-state index contributed by atoms with van der Waals surface area (Å²) in [5.74, 6) is 3.13. The van der Waals surface area contributed by atoms with Crippen molar-refractivity contribution < 1.29 is 0 Å². The maximum atomic E-state index is 4.45. The number of rotatable bonds is 4. The van der Waals surface area contributed by atoms with Gasteiger partial charge in [0.25, 0.3) is 0 Å². The number of aromatic nitrogens is 6. The predicted octanol–water partition coefficient (Wildman–Crippen LogP) is 1.54. The fraction of sp³-hybridized carbons (Fsp3) is 0.389. The average Bonchev–Trinajstić information content (AvgIpc) is 3.43. The van der Waals surface area contributed by atoms with Gasteiger partial charge in [0.15, 0.2) is 11.8 Å². The first kappa shape index (κ1) is 17.2. The highest BCUT2D eigenvalue weighted by Gasteiger charge is 2.24. The molecule has 3 aromatic rings. The molecule has 0 aliphatic carbocycles. The van der Waals surface area contributed by atoms with Gasteiger partial charge in [-0.2, -0.15) is 10.2 Å². The Morgan fingerprint density at radius 3 is 2.70 bits per heavy atom. The number of guanidine groups is 1. The zero-order valence-corrected chi connectivity index (χ0v) is 15.3. The molecule has 0 radical (unpaired) electrons. The van der Waals surface area contributed by atoms with E-state index in [0.29, 0.717) is 12.5 Å². The van der Waals surface area contributed by atoms with Crippen LogP contribution in [0.3, 0.4) is 0 Å². The molecule has 0 atom stereocenters. The second kappa shape index (κ2) is 7.98. The van der Waals surface area contributed by atoms with E-state index in [1.54, 1.807) is 6.33 Å². The Kier molecular flexibility index (Phi) is 5.08. The maximum absolute atomic E-state index is 4.45. The normalized spacial score (nSPS) is 15.9. The summed E-state index contributed by atoms with van der Waals surface area (Å²) in [4.78, 5) is 15.3. The number of aliphatic imine (C=N–C) groups is 1. The van der Waals surface area contributed by atoms with Crippen LogP contribution in [0.1, 0.15) is 30.1 Å². The third-order valence-electron chi connectivity index (χ3n) is 4.89. The summed E-state index contributed by atoms with van der Waals surface area (Å²) < 4.78 is 0. The number of piperidine rings is 1. The highest BCUT2D eigenvalue weighted by atomic mass is 15.3. The van der Waals surface area contributed by atoms with Crippen molar-refractivity contribution in [1.29, 1.82) is 0 Å². The largest absolute Gasteiger partial charge is 0.352 e. The smallest absolute Gasteiger partial charge is 0.193 e. The Morgan fingerprint density at radius 1 is 1.19 bits per heavy atom. The van der Waals surface area contributed by atoms with Gasteiger partial charge >= 0.3 is 0 Å². The SMILES string of the molecule is CN=C(NCc1cccc(-c2ncn[nH]2)c1)N1CCC(c2ncn[nH]2)CC1. The van der Waals surface area contributed by atoms with Crippen LogP contribution in [0.15, 0.2) is 41.9 Å². The number of hydrogen-bond donors (Lipinski definition) is 3. The standard InChI is InChI=1S/C18H23N9/c1-19-18(27-7-5-14(6-8-27)16-21-11-23-25-16)20-10-13-3-2-4-15(9-13)17-22-12-24-26-17/h2-4,9,11-12,14H,5-8,10H2,1H3,(H,19,20)(H,21,23,25)(H,22,24,26). The highest BCUT2D eigenvalue weighted by Crippen LogP contribution is 2.25. The fourth-order valence-electron chi connectivity index (χ4n) is 3.46. The third-order valence-corrected chi connectivity index (χ3v) is 4.89. The molecule has 0 amide bonds. The molecule has 9 nitrogen and oxygen atoms in total. The molecule has 2 aromatic heterocycles. The molecule has 1 aliphatic heterocycles. The summed E-state index contributed by atoms with van der Waals surface area (Å²) >= 11 is 0. The Balaban J connectivity index is 1.34. The fourth-order valence-corrected chi connectivity index (χ4v) is 3.46. The Hall–Kier alpha value is -3.23. The molecule has 0 unspecified atom stereocenters. The molecule has 140 valence electrons. The summed E-state index contributed by atoms with van der Waals surface area (Å²) in [5.41, 5.74) is 2.19. The minimum Gasteiger partial charge on any atom is -0.352 e. The molecule has 0 bridgehead atoms. The molecule has 1 fully saturated rings. The van der Waals surface area contributed by atoms with Gasteiger partial charge in [-0.3, -0.25) is 15.2 Å². The first-order chi connectivity index (χ1) is 13.3. The molecule has 3 N–H and O–H groups in total. The van der Waals surface area contributed by atoms with Crippen LogP contribution in [0.5, 0.6) is 0 Å². The predicted molar refractivity (Wildman–Crippen MR) is 102 cm³/mol. The zero-order valence-electron chi connectivity index (χ0n) is 15.3. The molecular weight excluding hydrogens is 342 g/mol. The van der Waals surface area contributed by atoms with Crippen molar-refractivity contribution in [2.24, 2.45) is 4.99 Å². The minimum absolute atomic E-state index is 0.445. The summed E-state index contributed by atoms with van der Waals surface area (Å²) in [7, 11) is 1.83. The Morgan fingerprint density at radius 2 is 2.00 bits per heavy atom. The van der Waals surface area contributed by atoms with Crippen LogP contribution in [0.4, 0.5) is 0 Å². The number of benzene rings is 1. The number of hydrogen-bond acceptors (Lipinski definition) is 5. The molecule has 1 aromatic carbocycles. The lowest BCUT2D eigenvalue weighted by Gasteiger charge is -2.33. The second-order valence-electron chi connectivity index (χ2n) is 6.57. The number of likely N-dealkylation sites (tertiary alicyclic amines) is 1. The van der Waals surface area contributed by atoms with Crippen LogP contribution in [0.2, 0.25) is 0 Å². The van der Waals surface area contributed by atoms with Crippen LogP contribution < -0.4 is 5.32 Å². The van der Waals surface area contributed by atoms with E-state index < -0.39 is 0 Å². The van der Waals surface area contributed by atoms with Crippen molar-refractivity contribution >= 4 is 5.96 Å². The molecular formula is C18H23N9. The van der Waals surface area contributed by atoms with Crippen LogP contribution in [-0.4, -0.2) is 61.4 Å². The van der Waals surface area contributed by atoms with Crippen LogP contribution >= 0.6 is 0 Å².